The lowest BCUT2D eigenvalue weighted by atomic mass is 10.1. The lowest BCUT2D eigenvalue weighted by Crippen LogP contribution is -1.99. The Morgan fingerprint density at radius 1 is 1.00 bits per heavy atom. The van der Waals surface area contributed by atoms with Crippen LogP contribution in [-0.2, 0) is 6.42 Å². The maximum atomic E-state index is 6.08. The summed E-state index contributed by atoms with van der Waals surface area (Å²) in [4.78, 5) is 9.03. The van der Waals surface area contributed by atoms with E-state index in [4.69, 9.17) is 8.94 Å². The minimum atomic E-state index is 0.325. The molecule has 0 aliphatic heterocycles. The second-order valence-electron chi connectivity index (χ2n) is 6.25. The largest absolute Gasteiger partial charge is 0.417 e. The maximum Gasteiger partial charge on any atom is 0.282 e. The van der Waals surface area contributed by atoms with E-state index in [1.54, 1.807) is 4.68 Å². The molecule has 7 nitrogen and oxygen atoms in total. The Morgan fingerprint density at radius 3 is 2.38 bits per heavy atom. The maximum absolute atomic E-state index is 6.08. The molecule has 0 amide bonds. The molecule has 4 aromatic rings. The van der Waals surface area contributed by atoms with Crippen LogP contribution in [0.1, 0.15) is 29.7 Å². The first-order valence-electron chi connectivity index (χ1n) is 8.49. The number of aryl methyl sites for hydroxylation is 4. The average molecular weight is 349 g/mol. The van der Waals surface area contributed by atoms with Crippen LogP contribution in [-0.4, -0.2) is 24.9 Å². The van der Waals surface area contributed by atoms with E-state index in [1.165, 1.54) is 5.56 Å². The van der Waals surface area contributed by atoms with Crippen molar-refractivity contribution in [3.05, 3.63) is 53.1 Å². The van der Waals surface area contributed by atoms with Crippen LogP contribution in [0.3, 0.4) is 0 Å². The van der Waals surface area contributed by atoms with E-state index in [0.717, 1.165) is 17.0 Å². The lowest BCUT2D eigenvalue weighted by Gasteiger charge is -2.00. The Hall–Kier alpha value is -3.22. The van der Waals surface area contributed by atoms with Gasteiger partial charge in [0, 0.05) is 17.7 Å². The fourth-order valence-corrected chi connectivity index (χ4v) is 2.74. The number of nitrogens with zero attached hydrogens (tertiary/aromatic N) is 5. The molecule has 0 radical (unpaired) electrons. The van der Waals surface area contributed by atoms with Crippen LogP contribution >= 0.6 is 0 Å². The number of oxazole rings is 1. The highest BCUT2D eigenvalue weighted by Gasteiger charge is 2.24. The first-order valence-corrected chi connectivity index (χ1v) is 8.49. The molecule has 0 aliphatic carbocycles. The Kier molecular flexibility index (Phi) is 3.91. The third-order valence-corrected chi connectivity index (χ3v) is 4.10. The SMILES string of the molecule is CCc1noc(-c2nc(-c3ccc(C)cc3)oc2-n2nc(C)cc2C)n1. The smallest absolute Gasteiger partial charge is 0.282 e. The van der Waals surface area contributed by atoms with Crippen molar-refractivity contribution in [1.29, 1.82) is 0 Å². The zero-order chi connectivity index (χ0) is 18.3. The summed E-state index contributed by atoms with van der Waals surface area (Å²) in [5.41, 5.74) is 4.36. The lowest BCUT2D eigenvalue weighted by molar-refractivity contribution is 0.421. The molecule has 0 saturated carbocycles. The van der Waals surface area contributed by atoms with Crippen LogP contribution < -0.4 is 0 Å². The van der Waals surface area contributed by atoms with Gasteiger partial charge in [0.2, 0.25) is 5.89 Å². The van der Waals surface area contributed by atoms with Gasteiger partial charge in [-0.1, -0.05) is 29.8 Å². The highest BCUT2D eigenvalue weighted by Crippen LogP contribution is 2.31. The average Bonchev–Trinajstić information content (AvgIpc) is 3.33. The van der Waals surface area contributed by atoms with Gasteiger partial charge in [-0.25, -0.2) is 9.67 Å². The van der Waals surface area contributed by atoms with Gasteiger partial charge in [0.25, 0.3) is 11.8 Å². The van der Waals surface area contributed by atoms with E-state index in [1.807, 2.05) is 58.0 Å². The Morgan fingerprint density at radius 2 is 1.77 bits per heavy atom. The predicted molar refractivity (Wildman–Crippen MR) is 95.9 cm³/mol. The van der Waals surface area contributed by atoms with Gasteiger partial charge in [-0.3, -0.25) is 0 Å². The minimum Gasteiger partial charge on any atom is -0.417 e. The molecule has 7 heteroatoms. The topological polar surface area (TPSA) is 82.8 Å². The molecule has 0 N–H and O–H groups in total. The van der Waals surface area contributed by atoms with Crippen LogP contribution in [0.4, 0.5) is 0 Å². The van der Waals surface area contributed by atoms with Crippen molar-refractivity contribution in [1.82, 2.24) is 24.9 Å². The fraction of sp³-hybridized carbons (Fsp3) is 0.263. The number of hydrogen-bond donors (Lipinski definition) is 0. The summed E-state index contributed by atoms with van der Waals surface area (Å²) in [5, 5.41) is 8.48. The van der Waals surface area contributed by atoms with E-state index >= 15 is 0 Å². The van der Waals surface area contributed by atoms with Crippen LogP contribution in [0, 0.1) is 20.8 Å². The van der Waals surface area contributed by atoms with Gasteiger partial charge < -0.3 is 8.94 Å². The summed E-state index contributed by atoms with van der Waals surface area (Å²) in [6.45, 7) is 7.90. The third-order valence-electron chi connectivity index (χ3n) is 4.10. The van der Waals surface area contributed by atoms with E-state index < -0.39 is 0 Å². The van der Waals surface area contributed by atoms with E-state index in [0.29, 0.717) is 35.6 Å². The summed E-state index contributed by atoms with van der Waals surface area (Å²) in [5.74, 6) is 1.90. The molecule has 4 rings (SSSR count). The quantitative estimate of drug-likeness (QED) is 0.552. The van der Waals surface area contributed by atoms with Gasteiger partial charge in [0.1, 0.15) is 0 Å². The standard InChI is InChI=1S/C19H19N5O2/c1-5-15-20-18(26-23-15)16-19(24-13(4)10-12(3)22-24)25-17(21-16)14-8-6-11(2)7-9-14/h6-10H,5H2,1-4H3. The van der Waals surface area contributed by atoms with Crippen LogP contribution in [0.5, 0.6) is 0 Å². The molecule has 3 aromatic heterocycles. The molecule has 3 heterocycles. The van der Waals surface area contributed by atoms with Crippen molar-refractivity contribution >= 4 is 0 Å². The van der Waals surface area contributed by atoms with Gasteiger partial charge in [0.05, 0.1) is 5.69 Å². The summed E-state index contributed by atoms with van der Waals surface area (Å²) in [6, 6.07) is 9.96. The van der Waals surface area contributed by atoms with Crippen LogP contribution in [0.15, 0.2) is 39.3 Å². The minimum absolute atomic E-state index is 0.325. The summed E-state index contributed by atoms with van der Waals surface area (Å²) in [6.07, 6.45) is 0.682. The summed E-state index contributed by atoms with van der Waals surface area (Å²) >= 11 is 0. The van der Waals surface area contributed by atoms with Crippen molar-refractivity contribution in [3.8, 4) is 28.9 Å². The van der Waals surface area contributed by atoms with Crippen LogP contribution in [0.2, 0.25) is 0 Å². The second kappa shape index (κ2) is 6.25. The van der Waals surface area contributed by atoms with Crippen LogP contribution in [0.25, 0.3) is 28.9 Å². The molecule has 132 valence electrons. The Bertz CT molecular complexity index is 1060. The highest BCUT2D eigenvalue weighted by atomic mass is 16.5. The Balaban J connectivity index is 1.90. The molecule has 0 aliphatic rings. The molecule has 0 bridgehead atoms. The molecular weight excluding hydrogens is 330 g/mol. The molecular formula is C19H19N5O2. The first-order chi connectivity index (χ1) is 12.5. The fourth-order valence-electron chi connectivity index (χ4n) is 2.74. The van der Waals surface area contributed by atoms with E-state index in [2.05, 4.69) is 20.2 Å². The first kappa shape index (κ1) is 16.3. The second-order valence-corrected chi connectivity index (χ2v) is 6.25. The summed E-state index contributed by atoms with van der Waals surface area (Å²) in [7, 11) is 0. The van der Waals surface area contributed by atoms with Crippen molar-refractivity contribution in [2.24, 2.45) is 0 Å². The zero-order valence-corrected chi connectivity index (χ0v) is 15.1. The molecule has 1 aromatic carbocycles. The summed E-state index contributed by atoms with van der Waals surface area (Å²) < 4.78 is 13.2. The highest BCUT2D eigenvalue weighted by molar-refractivity contribution is 5.64. The van der Waals surface area contributed by atoms with Gasteiger partial charge in [-0.2, -0.15) is 10.1 Å². The number of benzene rings is 1. The monoisotopic (exact) mass is 349 g/mol. The van der Waals surface area contributed by atoms with Gasteiger partial charge in [0.15, 0.2) is 11.5 Å². The van der Waals surface area contributed by atoms with Crippen molar-refractivity contribution < 1.29 is 8.94 Å². The van der Waals surface area contributed by atoms with Crippen molar-refractivity contribution in [2.75, 3.05) is 0 Å². The molecule has 0 fully saturated rings. The van der Waals surface area contributed by atoms with Crippen molar-refractivity contribution in [2.45, 2.75) is 34.1 Å². The normalized spacial score (nSPS) is 11.2. The molecule has 0 unspecified atom stereocenters. The van der Waals surface area contributed by atoms with Gasteiger partial charge in [-0.05, 0) is 39.0 Å². The van der Waals surface area contributed by atoms with Gasteiger partial charge in [-0.15, -0.1) is 0 Å². The molecule has 0 spiro atoms. The van der Waals surface area contributed by atoms with Gasteiger partial charge >= 0.3 is 0 Å². The van der Waals surface area contributed by atoms with E-state index in [9.17, 15) is 0 Å². The molecule has 26 heavy (non-hydrogen) atoms. The third kappa shape index (κ3) is 2.81. The predicted octanol–water partition coefficient (Wildman–Crippen LogP) is 4.06. The number of hydrogen-bond acceptors (Lipinski definition) is 6. The molecule has 0 atom stereocenters. The number of rotatable bonds is 4. The van der Waals surface area contributed by atoms with E-state index in [-0.39, 0.29) is 0 Å². The number of aromatic nitrogens is 5. The Labute approximate surface area is 150 Å². The zero-order valence-electron chi connectivity index (χ0n) is 15.1. The molecule has 0 saturated heterocycles. The van der Waals surface area contributed by atoms with Crippen molar-refractivity contribution in [3.63, 3.8) is 0 Å².